The molecule has 0 aliphatic rings. The van der Waals surface area contributed by atoms with E-state index in [1.54, 1.807) is 11.3 Å². The highest BCUT2D eigenvalue weighted by atomic mass is 32.1. The summed E-state index contributed by atoms with van der Waals surface area (Å²) in [7, 11) is 1.93. The standard InChI is InChI=1S/C14H19N5OS/c1-8-9(2)16-17-14(12(8)13(15)18-20)19(4)10(3)11-6-5-7-21-11/h5-7,10,20H,1-4H3,(H2,15,18). The molecule has 0 spiro atoms. The van der Waals surface area contributed by atoms with Crippen LogP contribution >= 0.6 is 11.3 Å². The Morgan fingerprint density at radius 2 is 2.14 bits per heavy atom. The van der Waals surface area contributed by atoms with Gasteiger partial charge in [0.25, 0.3) is 0 Å². The lowest BCUT2D eigenvalue weighted by Gasteiger charge is -2.27. The Hall–Kier alpha value is -2.15. The Kier molecular flexibility index (Phi) is 4.42. The summed E-state index contributed by atoms with van der Waals surface area (Å²) in [6, 6.07) is 4.20. The van der Waals surface area contributed by atoms with Gasteiger partial charge < -0.3 is 15.8 Å². The van der Waals surface area contributed by atoms with Crippen LogP contribution in [0.4, 0.5) is 5.82 Å². The van der Waals surface area contributed by atoms with E-state index in [9.17, 15) is 0 Å². The number of oxime groups is 1. The van der Waals surface area contributed by atoms with Crippen molar-refractivity contribution in [1.29, 1.82) is 0 Å². The van der Waals surface area contributed by atoms with E-state index in [-0.39, 0.29) is 11.9 Å². The number of hydrogen-bond acceptors (Lipinski definition) is 6. The summed E-state index contributed by atoms with van der Waals surface area (Å²) in [5, 5.41) is 22.6. The Balaban J connectivity index is 2.51. The molecule has 2 aromatic heterocycles. The molecule has 0 saturated carbocycles. The quantitative estimate of drug-likeness (QED) is 0.392. The molecule has 3 N–H and O–H groups in total. The van der Waals surface area contributed by atoms with E-state index in [4.69, 9.17) is 10.9 Å². The fraction of sp³-hybridized carbons (Fsp3) is 0.357. The zero-order valence-corrected chi connectivity index (χ0v) is 13.3. The maximum Gasteiger partial charge on any atom is 0.174 e. The van der Waals surface area contributed by atoms with Crippen molar-refractivity contribution in [3.63, 3.8) is 0 Å². The average Bonchev–Trinajstić information content (AvgIpc) is 3.01. The molecule has 1 unspecified atom stereocenters. The van der Waals surface area contributed by atoms with E-state index in [0.717, 1.165) is 11.3 Å². The number of aromatic nitrogens is 2. The molecule has 0 amide bonds. The minimum atomic E-state index is 0.0470. The first kappa shape index (κ1) is 15.2. The molecular formula is C14H19N5OS. The van der Waals surface area contributed by atoms with Crippen molar-refractivity contribution in [2.24, 2.45) is 10.9 Å². The second kappa shape index (κ2) is 6.09. The van der Waals surface area contributed by atoms with Gasteiger partial charge in [-0.15, -0.1) is 16.4 Å². The Labute approximate surface area is 127 Å². The summed E-state index contributed by atoms with van der Waals surface area (Å²) in [6.07, 6.45) is 0. The molecule has 7 heteroatoms. The molecule has 1 atom stereocenters. The lowest BCUT2D eigenvalue weighted by Crippen LogP contribution is -2.28. The predicted molar refractivity (Wildman–Crippen MR) is 85.2 cm³/mol. The minimum Gasteiger partial charge on any atom is -0.409 e. The molecule has 2 aromatic rings. The summed E-state index contributed by atoms with van der Waals surface area (Å²) >= 11 is 1.68. The van der Waals surface area contributed by atoms with Crippen molar-refractivity contribution in [2.45, 2.75) is 26.8 Å². The molecule has 0 bridgehead atoms. The molecule has 2 heterocycles. The normalized spacial score (nSPS) is 13.2. The summed E-state index contributed by atoms with van der Waals surface area (Å²) in [5.41, 5.74) is 8.07. The van der Waals surface area contributed by atoms with Gasteiger partial charge in [-0.1, -0.05) is 11.2 Å². The van der Waals surface area contributed by atoms with Gasteiger partial charge in [0.1, 0.15) is 0 Å². The van der Waals surface area contributed by atoms with Crippen LogP contribution in [-0.4, -0.2) is 28.3 Å². The molecule has 0 radical (unpaired) electrons. The van der Waals surface area contributed by atoms with Crippen LogP contribution in [0.1, 0.15) is 34.7 Å². The summed E-state index contributed by atoms with van der Waals surface area (Å²) in [4.78, 5) is 3.20. The van der Waals surface area contributed by atoms with Crippen LogP contribution in [0.15, 0.2) is 22.7 Å². The van der Waals surface area contributed by atoms with Gasteiger partial charge in [-0.25, -0.2) is 0 Å². The van der Waals surface area contributed by atoms with Crippen LogP contribution < -0.4 is 10.6 Å². The first-order valence-corrected chi connectivity index (χ1v) is 7.43. The average molecular weight is 305 g/mol. The predicted octanol–water partition coefficient (Wildman–Crippen LogP) is 2.45. The number of thiophene rings is 1. The first-order valence-electron chi connectivity index (χ1n) is 6.55. The fourth-order valence-electron chi connectivity index (χ4n) is 2.10. The number of nitrogens with zero attached hydrogens (tertiary/aromatic N) is 4. The van der Waals surface area contributed by atoms with Gasteiger partial charge in [0.15, 0.2) is 11.7 Å². The monoisotopic (exact) mass is 305 g/mol. The lowest BCUT2D eigenvalue weighted by molar-refractivity contribution is 0.318. The third-order valence-electron chi connectivity index (χ3n) is 3.67. The number of aryl methyl sites for hydroxylation is 1. The zero-order valence-electron chi connectivity index (χ0n) is 12.5. The molecular weight excluding hydrogens is 286 g/mol. The zero-order chi connectivity index (χ0) is 15.6. The smallest absolute Gasteiger partial charge is 0.174 e. The van der Waals surface area contributed by atoms with Crippen LogP contribution in [0.3, 0.4) is 0 Å². The second-order valence-electron chi connectivity index (χ2n) is 4.90. The van der Waals surface area contributed by atoms with E-state index in [0.29, 0.717) is 11.4 Å². The van der Waals surface area contributed by atoms with E-state index >= 15 is 0 Å². The SMILES string of the molecule is Cc1nnc(N(C)C(C)c2cccs2)c(C(N)=NO)c1C. The molecule has 6 nitrogen and oxygen atoms in total. The number of rotatable bonds is 4. The van der Waals surface area contributed by atoms with E-state index in [1.165, 1.54) is 4.88 Å². The molecule has 21 heavy (non-hydrogen) atoms. The number of nitrogens with two attached hydrogens (primary N) is 1. The molecule has 0 fully saturated rings. The van der Waals surface area contributed by atoms with Gasteiger partial charge in [0.2, 0.25) is 0 Å². The fourth-order valence-corrected chi connectivity index (χ4v) is 2.93. The first-order chi connectivity index (χ1) is 9.97. The van der Waals surface area contributed by atoms with Crippen LogP contribution in [-0.2, 0) is 0 Å². The number of hydrogen-bond donors (Lipinski definition) is 2. The Morgan fingerprint density at radius 1 is 1.43 bits per heavy atom. The number of amidine groups is 1. The molecule has 0 aliphatic carbocycles. The van der Waals surface area contributed by atoms with E-state index in [2.05, 4.69) is 28.3 Å². The van der Waals surface area contributed by atoms with Crippen molar-refractivity contribution in [3.05, 3.63) is 39.2 Å². The molecule has 0 saturated heterocycles. The van der Waals surface area contributed by atoms with Crippen LogP contribution in [0, 0.1) is 13.8 Å². The lowest BCUT2D eigenvalue weighted by atomic mass is 10.1. The summed E-state index contributed by atoms with van der Waals surface area (Å²) in [5.74, 6) is 0.653. The second-order valence-corrected chi connectivity index (χ2v) is 5.88. The maximum absolute atomic E-state index is 9.03. The van der Waals surface area contributed by atoms with Crippen molar-refractivity contribution in [3.8, 4) is 0 Å². The highest BCUT2D eigenvalue weighted by Crippen LogP contribution is 2.30. The third-order valence-corrected chi connectivity index (χ3v) is 4.71. The van der Waals surface area contributed by atoms with Crippen LogP contribution in [0.25, 0.3) is 0 Å². The van der Waals surface area contributed by atoms with E-state index < -0.39 is 0 Å². The third kappa shape index (κ3) is 2.82. The van der Waals surface area contributed by atoms with Crippen molar-refractivity contribution in [1.82, 2.24) is 10.2 Å². The Morgan fingerprint density at radius 3 is 2.71 bits per heavy atom. The highest BCUT2D eigenvalue weighted by Gasteiger charge is 2.22. The molecule has 0 aliphatic heterocycles. The summed E-state index contributed by atoms with van der Waals surface area (Å²) < 4.78 is 0. The maximum atomic E-state index is 9.03. The highest BCUT2D eigenvalue weighted by molar-refractivity contribution is 7.10. The number of anilines is 1. The van der Waals surface area contributed by atoms with Crippen LogP contribution in [0.2, 0.25) is 0 Å². The molecule has 0 aromatic carbocycles. The van der Waals surface area contributed by atoms with Gasteiger partial charge >= 0.3 is 0 Å². The van der Waals surface area contributed by atoms with Gasteiger partial charge in [-0.3, -0.25) is 0 Å². The van der Waals surface area contributed by atoms with Crippen molar-refractivity contribution >= 4 is 23.0 Å². The van der Waals surface area contributed by atoms with E-state index in [1.807, 2.05) is 37.2 Å². The van der Waals surface area contributed by atoms with Gasteiger partial charge in [0.05, 0.1) is 17.3 Å². The largest absolute Gasteiger partial charge is 0.409 e. The van der Waals surface area contributed by atoms with Crippen LogP contribution in [0.5, 0.6) is 0 Å². The molecule has 2 rings (SSSR count). The van der Waals surface area contributed by atoms with Crippen molar-refractivity contribution in [2.75, 3.05) is 11.9 Å². The Bertz CT molecular complexity index is 654. The minimum absolute atomic E-state index is 0.0470. The van der Waals surface area contributed by atoms with Gasteiger partial charge in [-0.2, -0.15) is 5.10 Å². The molecule has 112 valence electrons. The van der Waals surface area contributed by atoms with Gasteiger partial charge in [0, 0.05) is 11.9 Å². The topological polar surface area (TPSA) is 87.6 Å². The summed E-state index contributed by atoms with van der Waals surface area (Å²) in [6.45, 7) is 5.83. The van der Waals surface area contributed by atoms with Crippen molar-refractivity contribution < 1.29 is 5.21 Å². The van der Waals surface area contributed by atoms with Gasteiger partial charge in [-0.05, 0) is 37.8 Å².